The second kappa shape index (κ2) is 5.59. The van der Waals surface area contributed by atoms with Crippen LogP contribution in [0.1, 0.15) is 23.3 Å². The Morgan fingerprint density at radius 3 is 2.78 bits per heavy atom. The minimum atomic E-state index is -1.15. The number of carboxylic acid groups (broad SMARTS) is 1. The molecule has 18 heavy (non-hydrogen) atoms. The molecule has 1 aliphatic heterocycles. The molecule has 0 aliphatic carbocycles. The van der Waals surface area contributed by atoms with E-state index in [1.165, 1.54) is 12.3 Å². The first-order valence-corrected chi connectivity index (χ1v) is 5.75. The Morgan fingerprint density at radius 1 is 1.39 bits per heavy atom. The quantitative estimate of drug-likeness (QED) is 0.839. The molecule has 0 bridgehead atoms. The van der Waals surface area contributed by atoms with Crippen LogP contribution in [-0.4, -0.2) is 35.2 Å². The second-order valence-corrected chi connectivity index (χ2v) is 4.08. The van der Waals surface area contributed by atoms with Crippen molar-refractivity contribution in [3.63, 3.8) is 0 Å². The van der Waals surface area contributed by atoms with Crippen LogP contribution in [0.15, 0.2) is 18.3 Å². The van der Waals surface area contributed by atoms with Gasteiger partial charge < -0.3 is 15.2 Å². The SMILES string of the molecule is O=C(O)c1ncccc1NC(=O)C1CCOCC1. The number of nitrogens with zero attached hydrogens (tertiary/aromatic N) is 1. The number of hydrogen-bond acceptors (Lipinski definition) is 4. The third kappa shape index (κ3) is 2.84. The molecule has 2 heterocycles. The summed E-state index contributed by atoms with van der Waals surface area (Å²) in [4.78, 5) is 26.6. The molecule has 0 saturated carbocycles. The highest BCUT2D eigenvalue weighted by Gasteiger charge is 2.23. The predicted octanol–water partition coefficient (Wildman–Crippen LogP) is 1.14. The van der Waals surface area contributed by atoms with Crippen LogP contribution >= 0.6 is 0 Å². The van der Waals surface area contributed by atoms with Gasteiger partial charge in [-0.05, 0) is 25.0 Å². The molecule has 0 atom stereocenters. The van der Waals surface area contributed by atoms with Crippen molar-refractivity contribution >= 4 is 17.6 Å². The van der Waals surface area contributed by atoms with E-state index in [0.717, 1.165) is 0 Å². The summed E-state index contributed by atoms with van der Waals surface area (Å²) in [5.41, 5.74) is 0.0967. The number of rotatable bonds is 3. The summed E-state index contributed by atoms with van der Waals surface area (Å²) in [5.74, 6) is -1.45. The molecular formula is C12H14N2O4. The van der Waals surface area contributed by atoms with Crippen LogP contribution in [0.3, 0.4) is 0 Å². The lowest BCUT2D eigenvalue weighted by molar-refractivity contribution is -0.122. The molecular weight excluding hydrogens is 236 g/mol. The Kier molecular flexibility index (Phi) is 3.88. The number of ether oxygens (including phenoxy) is 1. The monoisotopic (exact) mass is 250 g/mol. The number of carbonyl (C=O) groups excluding carboxylic acids is 1. The first-order valence-electron chi connectivity index (χ1n) is 5.75. The maximum atomic E-state index is 12.0. The van der Waals surface area contributed by atoms with E-state index in [1.807, 2.05) is 0 Å². The van der Waals surface area contributed by atoms with Gasteiger partial charge in [-0.25, -0.2) is 9.78 Å². The summed E-state index contributed by atoms with van der Waals surface area (Å²) >= 11 is 0. The minimum Gasteiger partial charge on any atom is -0.476 e. The molecule has 1 fully saturated rings. The Morgan fingerprint density at radius 2 is 2.11 bits per heavy atom. The zero-order valence-electron chi connectivity index (χ0n) is 9.76. The number of hydrogen-bond donors (Lipinski definition) is 2. The van der Waals surface area contributed by atoms with Crippen LogP contribution in [0.25, 0.3) is 0 Å². The van der Waals surface area contributed by atoms with Gasteiger partial charge in [0.25, 0.3) is 0 Å². The van der Waals surface area contributed by atoms with Gasteiger partial charge in [-0.1, -0.05) is 0 Å². The standard InChI is InChI=1S/C12H14N2O4/c15-11(8-3-6-18-7-4-8)14-9-2-1-5-13-10(9)12(16)17/h1-2,5,8H,3-4,6-7H2,(H,14,15)(H,16,17). The van der Waals surface area contributed by atoms with Crippen molar-refractivity contribution in [3.8, 4) is 0 Å². The fourth-order valence-corrected chi connectivity index (χ4v) is 1.87. The third-order valence-corrected chi connectivity index (χ3v) is 2.86. The number of carbonyl (C=O) groups is 2. The molecule has 1 aromatic heterocycles. The number of amides is 1. The lowest BCUT2D eigenvalue weighted by atomic mass is 9.99. The first-order chi connectivity index (χ1) is 8.68. The van der Waals surface area contributed by atoms with Gasteiger partial charge in [0.15, 0.2) is 5.69 Å². The highest BCUT2D eigenvalue weighted by Crippen LogP contribution is 2.19. The van der Waals surface area contributed by atoms with E-state index in [2.05, 4.69) is 10.3 Å². The molecule has 2 rings (SSSR count). The second-order valence-electron chi connectivity index (χ2n) is 4.08. The number of carboxylic acids is 1. The summed E-state index contributed by atoms with van der Waals surface area (Å²) in [6, 6.07) is 3.12. The number of pyridine rings is 1. The molecule has 1 aromatic rings. The Hall–Kier alpha value is -1.95. The fourth-order valence-electron chi connectivity index (χ4n) is 1.87. The molecule has 2 N–H and O–H groups in total. The van der Waals surface area contributed by atoms with E-state index in [0.29, 0.717) is 26.1 Å². The van der Waals surface area contributed by atoms with E-state index >= 15 is 0 Å². The molecule has 0 unspecified atom stereocenters. The van der Waals surface area contributed by atoms with Crippen molar-refractivity contribution in [1.29, 1.82) is 0 Å². The van der Waals surface area contributed by atoms with Gasteiger partial charge in [-0.2, -0.15) is 0 Å². The molecule has 96 valence electrons. The zero-order chi connectivity index (χ0) is 13.0. The van der Waals surface area contributed by atoms with Gasteiger partial charge >= 0.3 is 5.97 Å². The van der Waals surface area contributed by atoms with E-state index in [4.69, 9.17) is 9.84 Å². The Bertz CT molecular complexity index is 455. The van der Waals surface area contributed by atoms with Crippen LogP contribution in [-0.2, 0) is 9.53 Å². The van der Waals surface area contributed by atoms with Crippen LogP contribution < -0.4 is 5.32 Å². The number of anilines is 1. The molecule has 0 radical (unpaired) electrons. The molecule has 6 nitrogen and oxygen atoms in total. The van der Waals surface area contributed by atoms with Gasteiger partial charge in [-0.15, -0.1) is 0 Å². The average molecular weight is 250 g/mol. The van der Waals surface area contributed by atoms with Gasteiger partial charge in [-0.3, -0.25) is 4.79 Å². The van der Waals surface area contributed by atoms with Gasteiger partial charge in [0, 0.05) is 25.3 Å². The predicted molar refractivity (Wildman–Crippen MR) is 63.4 cm³/mol. The lowest BCUT2D eigenvalue weighted by Gasteiger charge is -2.21. The lowest BCUT2D eigenvalue weighted by Crippen LogP contribution is -2.29. The molecule has 1 aliphatic rings. The summed E-state index contributed by atoms with van der Waals surface area (Å²) < 4.78 is 5.18. The van der Waals surface area contributed by atoms with Crippen molar-refractivity contribution < 1.29 is 19.4 Å². The largest absolute Gasteiger partial charge is 0.476 e. The number of nitrogens with one attached hydrogen (secondary N) is 1. The molecule has 6 heteroatoms. The molecule has 1 amide bonds. The third-order valence-electron chi connectivity index (χ3n) is 2.86. The Balaban J connectivity index is 2.08. The van der Waals surface area contributed by atoms with Crippen molar-refractivity contribution in [2.45, 2.75) is 12.8 Å². The van der Waals surface area contributed by atoms with E-state index in [9.17, 15) is 9.59 Å². The molecule has 1 saturated heterocycles. The Labute approximate surface area is 104 Å². The van der Waals surface area contributed by atoms with E-state index < -0.39 is 5.97 Å². The summed E-state index contributed by atoms with van der Waals surface area (Å²) in [5, 5.41) is 11.6. The molecule has 0 aromatic carbocycles. The van der Waals surface area contributed by atoms with Gasteiger partial charge in [0.2, 0.25) is 5.91 Å². The van der Waals surface area contributed by atoms with Crippen LogP contribution in [0.5, 0.6) is 0 Å². The normalized spacial score (nSPS) is 16.2. The number of aromatic nitrogens is 1. The first kappa shape index (κ1) is 12.5. The van der Waals surface area contributed by atoms with Crippen LogP contribution in [0.2, 0.25) is 0 Å². The van der Waals surface area contributed by atoms with Crippen LogP contribution in [0, 0.1) is 5.92 Å². The van der Waals surface area contributed by atoms with E-state index in [1.54, 1.807) is 6.07 Å². The zero-order valence-corrected chi connectivity index (χ0v) is 9.76. The maximum absolute atomic E-state index is 12.0. The topological polar surface area (TPSA) is 88.5 Å². The van der Waals surface area contributed by atoms with Crippen molar-refractivity contribution in [3.05, 3.63) is 24.0 Å². The number of aromatic carboxylic acids is 1. The summed E-state index contributed by atoms with van der Waals surface area (Å²) in [6.07, 6.45) is 2.70. The highest BCUT2D eigenvalue weighted by molar-refractivity contribution is 5.99. The molecule has 0 spiro atoms. The minimum absolute atomic E-state index is 0.124. The average Bonchev–Trinajstić information content (AvgIpc) is 2.40. The van der Waals surface area contributed by atoms with Crippen molar-refractivity contribution in [2.75, 3.05) is 18.5 Å². The smallest absolute Gasteiger partial charge is 0.356 e. The fraction of sp³-hybridized carbons (Fsp3) is 0.417. The van der Waals surface area contributed by atoms with Crippen LogP contribution in [0.4, 0.5) is 5.69 Å². The highest BCUT2D eigenvalue weighted by atomic mass is 16.5. The summed E-state index contributed by atoms with van der Waals surface area (Å²) in [6.45, 7) is 1.13. The van der Waals surface area contributed by atoms with Crippen molar-refractivity contribution in [2.24, 2.45) is 5.92 Å². The maximum Gasteiger partial charge on any atom is 0.356 e. The van der Waals surface area contributed by atoms with E-state index in [-0.39, 0.29) is 23.2 Å². The van der Waals surface area contributed by atoms with Gasteiger partial charge in [0.1, 0.15) is 0 Å². The van der Waals surface area contributed by atoms with Crippen molar-refractivity contribution in [1.82, 2.24) is 4.98 Å². The summed E-state index contributed by atoms with van der Waals surface area (Å²) in [7, 11) is 0. The van der Waals surface area contributed by atoms with Gasteiger partial charge in [0.05, 0.1) is 5.69 Å².